The van der Waals surface area contributed by atoms with Crippen LogP contribution in [0.1, 0.15) is 6.92 Å². The lowest BCUT2D eigenvalue weighted by Gasteiger charge is -2.21. The number of aliphatic hydroxyl groups is 1. The zero-order valence-corrected chi connectivity index (χ0v) is 10.1. The molecule has 0 aliphatic rings. The molecule has 0 aliphatic carbocycles. The Balaban J connectivity index is 2.39. The summed E-state index contributed by atoms with van der Waals surface area (Å²) >= 11 is 1.53. The number of carbonyl (C=O) groups excluding carboxylic acids is 1. The second-order valence-corrected chi connectivity index (χ2v) is 4.48. The maximum absolute atomic E-state index is 11.6. The predicted octanol–water partition coefficient (Wildman–Crippen LogP) is -0.493. The van der Waals surface area contributed by atoms with Crippen molar-refractivity contribution in [3.8, 4) is 0 Å². The van der Waals surface area contributed by atoms with Crippen LogP contribution in [0.25, 0.3) is 0 Å². The molecular formula is C9H16N4O2S. The van der Waals surface area contributed by atoms with Crippen LogP contribution in [0.15, 0.2) is 12.7 Å². The fourth-order valence-electron chi connectivity index (χ4n) is 1.29. The maximum Gasteiger partial charge on any atom is 0.242 e. The normalized spacial score (nSPS) is 14.4. The van der Waals surface area contributed by atoms with Gasteiger partial charge in [-0.1, -0.05) is 0 Å². The summed E-state index contributed by atoms with van der Waals surface area (Å²) in [6.07, 6.45) is 4.78. The van der Waals surface area contributed by atoms with Crippen LogP contribution in [0.3, 0.4) is 0 Å². The third kappa shape index (κ3) is 3.82. The van der Waals surface area contributed by atoms with Gasteiger partial charge >= 0.3 is 0 Å². The smallest absolute Gasteiger partial charge is 0.242 e. The first-order valence-electron chi connectivity index (χ1n) is 4.92. The molecule has 1 heterocycles. The van der Waals surface area contributed by atoms with Gasteiger partial charge < -0.3 is 10.4 Å². The van der Waals surface area contributed by atoms with Crippen LogP contribution in [0.5, 0.6) is 0 Å². The minimum absolute atomic E-state index is 0.0136. The summed E-state index contributed by atoms with van der Waals surface area (Å²) in [6.45, 7) is 2.07. The highest BCUT2D eigenvalue weighted by molar-refractivity contribution is 7.99. The van der Waals surface area contributed by atoms with Crippen molar-refractivity contribution in [1.82, 2.24) is 20.1 Å². The van der Waals surface area contributed by atoms with Gasteiger partial charge in [0.05, 0.1) is 6.61 Å². The van der Waals surface area contributed by atoms with Gasteiger partial charge in [0.2, 0.25) is 5.91 Å². The molecule has 0 bridgehead atoms. The van der Waals surface area contributed by atoms with Crippen LogP contribution in [-0.4, -0.2) is 49.9 Å². The van der Waals surface area contributed by atoms with Crippen LogP contribution in [0, 0.1) is 0 Å². The fraction of sp³-hybridized carbons (Fsp3) is 0.667. The zero-order valence-electron chi connectivity index (χ0n) is 9.33. The Labute approximate surface area is 98.4 Å². The summed E-state index contributed by atoms with van der Waals surface area (Å²) in [7, 11) is 0. The highest BCUT2D eigenvalue weighted by atomic mass is 32.2. The van der Waals surface area contributed by atoms with E-state index in [9.17, 15) is 4.79 Å². The Kier molecular flexibility index (Phi) is 5.27. The monoisotopic (exact) mass is 244 g/mol. The van der Waals surface area contributed by atoms with Crippen molar-refractivity contribution in [1.29, 1.82) is 0 Å². The molecule has 0 spiro atoms. The summed E-state index contributed by atoms with van der Waals surface area (Å²) in [5.41, 5.74) is 0. The summed E-state index contributed by atoms with van der Waals surface area (Å²) < 4.78 is 1.45. The van der Waals surface area contributed by atoms with E-state index in [0.717, 1.165) is 0 Å². The minimum atomic E-state index is -0.134. The zero-order chi connectivity index (χ0) is 12.0. The van der Waals surface area contributed by atoms with E-state index < -0.39 is 0 Å². The van der Waals surface area contributed by atoms with E-state index >= 15 is 0 Å². The quantitative estimate of drug-likeness (QED) is 0.705. The van der Waals surface area contributed by atoms with E-state index in [0.29, 0.717) is 0 Å². The van der Waals surface area contributed by atoms with Crippen molar-refractivity contribution in [2.45, 2.75) is 24.8 Å². The third-order valence-electron chi connectivity index (χ3n) is 2.20. The fourth-order valence-corrected chi connectivity index (χ4v) is 1.92. The number of aromatic nitrogens is 3. The standard InChI is InChI=1S/C9H16N4O2S/c1-7(8(4-14)16-2)12-9(15)3-13-6-10-5-11-13/h5-8,14H,3-4H2,1-2H3,(H,12,15). The summed E-state index contributed by atoms with van der Waals surface area (Å²) in [5, 5.41) is 15.7. The topological polar surface area (TPSA) is 80.0 Å². The van der Waals surface area contributed by atoms with Crippen molar-refractivity contribution in [2.24, 2.45) is 0 Å². The Hall–Kier alpha value is -1.08. The molecule has 1 aromatic rings. The number of amides is 1. The first kappa shape index (κ1) is 13.0. The van der Waals surface area contributed by atoms with Gasteiger partial charge in [0.15, 0.2) is 0 Å². The molecule has 1 rings (SSSR count). The first-order valence-corrected chi connectivity index (χ1v) is 6.21. The molecule has 0 aliphatic heterocycles. The molecule has 0 fully saturated rings. The largest absolute Gasteiger partial charge is 0.395 e. The molecule has 16 heavy (non-hydrogen) atoms. The molecule has 0 radical (unpaired) electrons. The molecule has 0 aromatic carbocycles. The van der Waals surface area contributed by atoms with Crippen molar-refractivity contribution >= 4 is 17.7 Å². The number of thioether (sulfide) groups is 1. The van der Waals surface area contributed by atoms with E-state index in [-0.39, 0.29) is 30.4 Å². The SMILES string of the molecule is CSC(CO)C(C)NC(=O)Cn1cncn1. The molecule has 6 nitrogen and oxygen atoms in total. The summed E-state index contributed by atoms with van der Waals surface area (Å²) in [5.74, 6) is -0.134. The van der Waals surface area contributed by atoms with E-state index in [4.69, 9.17) is 5.11 Å². The Morgan fingerprint density at radius 1 is 1.69 bits per heavy atom. The molecule has 2 N–H and O–H groups in total. The van der Waals surface area contributed by atoms with Gasteiger partial charge in [-0.05, 0) is 13.2 Å². The average Bonchev–Trinajstić information content (AvgIpc) is 2.71. The average molecular weight is 244 g/mol. The van der Waals surface area contributed by atoms with E-state index in [1.165, 1.54) is 29.1 Å². The highest BCUT2D eigenvalue weighted by Crippen LogP contribution is 2.09. The van der Waals surface area contributed by atoms with Gasteiger partial charge in [-0.2, -0.15) is 16.9 Å². The second kappa shape index (κ2) is 6.49. The first-order chi connectivity index (χ1) is 7.67. The van der Waals surface area contributed by atoms with Gasteiger partial charge in [-0.15, -0.1) is 0 Å². The minimum Gasteiger partial charge on any atom is -0.395 e. The van der Waals surface area contributed by atoms with Crippen molar-refractivity contribution < 1.29 is 9.90 Å². The number of nitrogens with one attached hydrogen (secondary N) is 1. The molecule has 0 saturated heterocycles. The number of hydrogen-bond donors (Lipinski definition) is 2. The number of nitrogens with zero attached hydrogens (tertiary/aromatic N) is 3. The van der Waals surface area contributed by atoms with E-state index in [1.807, 2.05) is 13.2 Å². The van der Waals surface area contributed by atoms with Gasteiger partial charge in [0, 0.05) is 11.3 Å². The number of carbonyl (C=O) groups is 1. The van der Waals surface area contributed by atoms with E-state index in [2.05, 4.69) is 15.4 Å². The van der Waals surface area contributed by atoms with Crippen LogP contribution in [-0.2, 0) is 11.3 Å². The molecule has 1 aromatic heterocycles. The Morgan fingerprint density at radius 3 is 2.94 bits per heavy atom. The van der Waals surface area contributed by atoms with Gasteiger partial charge in [-0.25, -0.2) is 9.67 Å². The Morgan fingerprint density at radius 2 is 2.44 bits per heavy atom. The lowest BCUT2D eigenvalue weighted by atomic mass is 10.2. The molecule has 1 amide bonds. The van der Waals surface area contributed by atoms with Crippen LogP contribution >= 0.6 is 11.8 Å². The molecule has 2 atom stereocenters. The van der Waals surface area contributed by atoms with Gasteiger partial charge in [0.1, 0.15) is 19.2 Å². The molecule has 90 valence electrons. The predicted molar refractivity (Wildman–Crippen MR) is 62.0 cm³/mol. The van der Waals surface area contributed by atoms with Crippen molar-refractivity contribution in [2.75, 3.05) is 12.9 Å². The Bertz CT molecular complexity index is 313. The molecule has 2 unspecified atom stereocenters. The maximum atomic E-state index is 11.6. The summed E-state index contributed by atoms with van der Waals surface area (Å²) in [6, 6.07) is -0.0731. The second-order valence-electron chi connectivity index (χ2n) is 3.41. The van der Waals surface area contributed by atoms with Gasteiger partial charge in [0.25, 0.3) is 0 Å². The highest BCUT2D eigenvalue weighted by Gasteiger charge is 2.17. The molecular weight excluding hydrogens is 228 g/mol. The number of rotatable bonds is 6. The lowest BCUT2D eigenvalue weighted by Crippen LogP contribution is -2.42. The van der Waals surface area contributed by atoms with Gasteiger partial charge in [-0.3, -0.25) is 4.79 Å². The van der Waals surface area contributed by atoms with Crippen LogP contribution < -0.4 is 5.32 Å². The lowest BCUT2D eigenvalue weighted by molar-refractivity contribution is -0.122. The van der Waals surface area contributed by atoms with Crippen molar-refractivity contribution in [3.63, 3.8) is 0 Å². The van der Waals surface area contributed by atoms with E-state index in [1.54, 1.807) is 0 Å². The number of aliphatic hydroxyl groups excluding tert-OH is 1. The number of hydrogen-bond acceptors (Lipinski definition) is 5. The molecule has 7 heteroatoms. The summed E-state index contributed by atoms with van der Waals surface area (Å²) in [4.78, 5) is 15.3. The van der Waals surface area contributed by atoms with Crippen LogP contribution in [0.2, 0.25) is 0 Å². The third-order valence-corrected chi connectivity index (χ3v) is 3.36. The molecule has 0 saturated carbocycles. The van der Waals surface area contributed by atoms with Crippen molar-refractivity contribution in [3.05, 3.63) is 12.7 Å². The van der Waals surface area contributed by atoms with Crippen LogP contribution in [0.4, 0.5) is 0 Å².